The SMILES string of the molecule is N#C/C(O)=C(/C#N)C(C#N)C#N. The second-order valence-electron chi connectivity index (χ2n) is 1.68. The fourth-order valence-corrected chi connectivity index (χ4v) is 0.472. The second-order valence-corrected chi connectivity index (χ2v) is 1.68. The highest BCUT2D eigenvalue weighted by Crippen LogP contribution is 2.11. The standard InChI is InChI=1S/C7H2N4O/c8-1-5(2-9)6(3-10)7(12)4-11/h5,12H/b7-6+. The van der Waals surface area contributed by atoms with E-state index in [-0.39, 0.29) is 0 Å². The lowest BCUT2D eigenvalue weighted by atomic mass is 10.0. The van der Waals surface area contributed by atoms with Gasteiger partial charge in [0, 0.05) is 0 Å². The van der Waals surface area contributed by atoms with Gasteiger partial charge < -0.3 is 5.11 Å². The second kappa shape index (κ2) is 4.34. The molecule has 1 N–H and O–H groups in total. The van der Waals surface area contributed by atoms with E-state index in [2.05, 4.69) is 0 Å². The Morgan fingerprint density at radius 2 is 1.50 bits per heavy atom. The molecular formula is C7H2N4O. The molecule has 0 saturated heterocycles. The molecule has 0 aromatic heterocycles. The largest absolute Gasteiger partial charge is 0.499 e. The number of hydrogen-bond acceptors (Lipinski definition) is 5. The Morgan fingerprint density at radius 1 is 1.00 bits per heavy atom. The van der Waals surface area contributed by atoms with Crippen molar-refractivity contribution < 1.29 is 5.11 Å². The van der Waals surface area contributed by atoms with Gasteiger partial charge in [0.2, 0.25) is 5.76 Å². The van der Waals surface area contributed by atoms with E-state index >= 15 is 0 Å². The molecule has 5 heteroatoms. The molecule has 0 aromatic carbocycles. The topological polar surface area (TPSA) is 115 Å². The van der Waals surface area contributed by atoms with E-state index in [0.29, 0.717) is 0 Å². The summed E-state index contributed by atoms with van der Waals surface area (Å²) in [4.78, 5) is 0. The van der Waals surface area contributed by atoms with Gasteiger partial charge in [-0.3, -0.25) is 0 Å². The number of rotatable bonds is 1. The maximum absolute atomic E-state index is 8.74. The minimum absolute atomic E-state index is 0.512. The van der Waals surface area contributed by atoms with Crippen LogP contribution < -0.4 is 0 Å². The molecule has 0 radical (unpaired) electrons. The van der Waals surface area contributed by atoms with E-state index < -0.39 is 17.3 Å². The van der Waals surface area contributed by atoms with Crippen molar-refractivity contribution in [2.75, 3.05) is 0 Å². The quantitative estimate of drug-likeness (QED) is 0.339. The predicted octanol–water partition coefficient (Wildman–Crippen LogP) is 0.509. The van der Waals surface area contributed by atoms with Crippen LogP contribution in [0.4, 0.5) is 0 Å². The van der Waals surface area contributed by atoms with Crippen LogP contribution in [0.25, 0.3) is 0 Å². The Kier molecular flexibility index (Phi) is 3.43. The minimum Gasteiger partial charge on any atom is -0.499 e. The molecule has 0 fully saturated rings. The third kappa shape index (κ3) is 1.74. The normalized spacial score (nSPS) is 10.1. The Hall–Kier alpha value is -2.50. The number of aliphatic hydroxyl groups excluding tert-OH is 1. The van der Waals surface area contributed by atoms with Crippen molar-refractivity contribution in [3.05, 3.63) is 11.3 Å². The average molecular weight is 158 g/mol. The molecule has 0 spiro atoms. The smallest absolute Gasteiger partial charge is 0.210 e. The van der Waals surface area contributed by atoms with Crippen LogP contribution in [0, 0.1) is 51.2 Å². The molecule has 12 heavy (non-hydrogen) atoms. The van der Waals surface area contributed by atoms with E-state index in [4.69, 9.17) is 26.2 Å². The average Bonchev–Trinajstić information content (AvgIpc) is 2.12. The fraction of sp³-hybridized carbons (Fsp3) is 0.143. The molecule has 5 nitrogen and oxygen atoms in total. The van der Waals surface area contributed by atoms with Crippen molar-refractivity contribution in [2.45, 2.75) is 0 Å². The third-order valence-electron chi connectivity index (χ3n) is 1.03. The first kappa shape index (κ1) is 9.50. The lowest BCUT2D eigenvalue weighted by Crippen LogP contribution is -1.99. The third-order valence-corrected chi connectivity index (χ3v) is 1.03. The molecule has 0 saturated carbocycles. The van der Waals surface area contributed by atoms with Gasteiger partial charge in [0.25, 0.3) is 0 Å². The van der Waals surface area contributed by atoms with Gasteiger partial charge in [-0.1, -0.05) is 0 Å². The molecule has 0 amide bonds. The van der Waals surface area contributed by atoms with Crippen LogP contribution in [0.3, 0.4) is 0 Å². The van der Waals surface area contributed by atoms with E-state index in [1.807, 2.05) is 0 Å². The fourth-order valence-electron chi connectivity index (χ4n) is 0.472. The van der Waals surface area contributed by atoms with Gasteiger partial charge in [-0.25, -0.2) is 0 Å². The lowest BCUT2D eigenvalue weighted by molar-refractivity contribution is 0.429. The van der Waals surface area contributed by atoms with Crippen LogP contribution >= 0.6 is 0 Å². The molecule has 56 valence electrons. The van der Waals surface area contributed by atoms with Crippen molar-refractivity contribution in [1.29, 1.82) is 21.0 Å². The molecule has 0 unspecified atom stereocenters. The summed E-state index contributed by atoms with van der Waals surface area (Å²) in [5.41, 5.74) is -0.512. The number of nitriles is 4. The summed E-state index contributed by atoms with van der Waals surface area (Å²) in [5, 5.41) is 41.8. The van der Waals surface area contributed by atoms with E-state index in [9.17, 15) is 0 Å². The highest BCUT2D eigenvalue weighted by Gasteiger charge is 2.17. The molecule has 0 aromatic rings. The maximum atomic E-state index is 8.74. The van der Waals surface area contributed by atoms with Gasteiger partial charge in [-0.15, -0.1) is 0 Å². The van der Waals surface area contributed by atoms with Gasteiger partial charge in [-0.2, -0.15) is 21.0 Å². The zero-order chi connectivity index (χ0) is 9.56. The Balaban J connectivity index is 5.17. The summed E-state index contributed by atoms with van der Waals surface area (Å²) in [6.45, 7) is 0. The number of hydrogen-bond donors (Lipinski definition) is 1. The van der Waals surface area contributed by atoms with Crippen LogP contribution in [0.5, 0.6) is 0 Å². The first-order valence-corrected chi connectivity index (χ1v) is 2.73. The first-order valence-electron chi connectivity index (χ1n) is 2.73. The van der Waals surface area contributed by atoms with E-state index in [1.165, 1.54) is 24.3 Å². The van der Waals surface area contributed by atoms with Gasteiger partial charge in [0.1, 0.15) is 17.7 Å². The number of aliphatic hydroxyl groups is 1. The van der Waals surface area contributed by atoms with Crippen LogP contribution in [0.15, 0.2) is 11.3 Å². The van der Waals surface area contributed by atoms with Gasteiger partial charge in [0.15, 0.2) is 5.92 Å². The molecule has 0 aliphatic heterocycles. The van der Waals surface area contributed by atoms with Crippen molar-refractivity contribution in [3.8, 4) is 24.3 Å². The molecule has 0 atom stereocenters. The summed E-state index contributed by atoms with van der Waals surface area (Å²) in [5.74, 6) is -2.26. The van der Waals surface area contributed by atoms with Crippen LogP contribution in [0.1, 0.15) is 0 Å². The predicted molar refractivity (Wildman–Crippen MR) is 35.6 cm³/mol. The monoisotopic (exact) mass is 158 g/mol. The first-order chi connectivity index (χ1) is 5.71. The summed E-state index contributed by atoms with van der Waals surface area (Å²) >= 11 is 0. The molecular weight excluding hydrogens is 156 g/mol. The van der Waals surface area contributed by atoms with Crippen molar-refractivity contribution in [1.82, 2.24) is 0 Å². The minimum atomic E-state index is -1.38. The highest BCUT2D eigenvalue weighted by molar-refractivity contribution is 5.40. The molecule has 0 aliphatic carbocycles. The summed E-state index contributed by atoms with van der Waals surface area (Å²) in [6.07, 6.45) is 0. The highest BCUT2D eigenvalue weighted by atomic mass is 16.3. The van der Waals surface area contributed by atoms with Crippen LogP contribution in [-0.2, 0) is 0 Å². The van der Waals surface area contributed by atoms with Crippen molar-refractivity contribution >= 4 is 0 Å². The number of nitrogens with zero attached hydrogens (tertiary/aromatic N) is 4. The Bertz CT molecular complexity index is 354. The van der Waals surface area contributed by atoms with Crippen molar-refractivity contribution in [2.24, 2.45) is 5.92 Å². The maximum Gasteiger partial charge on any atom is 0.210 e. The summed E-state index contributed by atoms with van der Waals surface area (Å²) in [6, 6.07) is 5.62. The lowest BCUT2D eigenvalue weighted by Gasteiger charge is -1.94. The summed E-state index contributed by atoms with van der Waals surface area (Å²) in [7, 11) is 0. The van der Waals surface area contributed by atoms with Crippen molar-refractivity contribution in [3.63, 3.8) is 0 Å². The van der Waals surface area contributed by atoms with Gasteiger partial charge >= 0.3 is 0 Å². The summed E-state index contributed by atoms with van der Waals surface area (Å²) < 4.78 is 0. The molecule has 0 heterocycles. The van der Waals surface area contributed by atoms with E-state index in [0.717, 1.165) is 0 Å². The van der Waals surface area contributed by atoms with E-state index in [1.54, 1.807) is 0 Å². The zero-order valence-corrected chi connectivity index (χ0v) is 5.81. The van der Waals surface area contributed by atoms with Gasteiger partial charge in [-0.05, 0) is 0 Å². The Labute approximate surface area is 68.6 Å². The van der Waals surface area contributed by atoms with Crippen LogP contribution in [0.2, 0.25) is 0 Å². The molecule has 0 bridgehead atoms. The molecule has 0 rings (SSSR count). The van der Waals surface area contributed by atoms with Crippen LogP contribution in [-0.4, -0.2) is 5.11 Å². The Morgan fingerprint density at radius 3 is 1.75 bits per heavy atom. The molecule has 0 aliphatic rings. The van der Waals surface area contributed by atoms with Gasteiger partial charge in [0.05, 0.1) is 12.1 Å². The number of allylic oxidation sites excluding steroid dienone is 2. The zero-order valence-electron chi connectivity index (χ0n) is 5.81.